The van der Waals surface area contributed by atoms with Gasteiger partial charge in [0.1, 0.15) is 5.82 Å². The number of anilines is 1. The molecule has 0 radical (unpaired) electrons. The first-order chi connectivity index (χ1) is 6.27. The minimum absolute atomic E-state index is 0. The maximum absolute atomic E-state index is 5.68. The smallest absolute Gasteiger partial charge is 0.139 e. The molecule has 0 aliphatic rings. The minimum Gasteiger partial charge on any atom is -0.399 e. The van der Waals surface area contributed by atoms with Gasteiger partial charge in [-0.15, -0.1) is 24.8 Å². The molecule has 0 amide bonds. The Bertz CT molecular complexity index is 426. The number of nitrogens with zero attached hydrogens (tertiary/aromatic N) is 2. The fraction of sp³-hybridized carbons (Fsp3) is 0.100. The van der Waals surface area contributed by atoms with Crippen LogP contribution >= 0.6 is 24.8 Å². The number of hydrogen-bond acceptors (Lipinski definition) is 2. The van der Waals surface area contributed by atoms with Crippen LogP contribution in [0.2, 0.25) is 0 Å². The Balaban J connectivity index is 0.000000980. The van der Waals surface area contributed by atoms with Gasteiger partial charge in [0.05, 0.1) is 0 Å². The summed E-state index contributed by atoms with van der Waals surface area (Å²) in [5.74, 6) is 0.937. The van der Waals surface area contributed by atoms with Crippen molar-refractivity contribution >= 4 is 30.5 Å². The zero-order valence-electron chi connectivity index (χ0n) is 8.25. The first kappa shape index (κ1) is 13.8. The van der Waals surface area contributed by atoms with Crippen molar-refractivity contribution in [3.05, 3.63) is 36.7 Å². The van der Waals surface area contributed by atoms with E-state index >= 15 is 0 Å². The predicted octanol–water partition coefficient (Wildman–Crippen LogP) is 2.51. The molecule has 82 valence electrons. The normalized spacial score (nSPS) is 8.87. The van der Waals surface area contributed by atoms with Crippen LogP contribution in [0.4, 0.5) is 5.69 Å². The Morgan fingerprint density at radius 1 is 1.27 bits per heavy atom. The standard InChI is InChI=1S/C10H11N3.2ClH/c1-13-6-5-12-10(13)8-3-2-4-9(11)7-8;;/h2-7H,11H2,1H3;2*1H. The summed E-state index contributed by atoms with van der Waals surface area (Å²) in [6.07, 6.45) is 3.69. The number of imidazole rings is 1. The summed E-state index contributed by atoms with van der Waals surface area (Å²) in [4.78, 5) is 4.23. The topological polar surface area (TPSA) is 43.8 Å². The van der Waals surface area contributed by atoms with Crippen molar-refractivity contribution in [1.29, 1.82) is 0 Å². The van der Waals surface area contributed by atoms with Crippen molar-refractivity contribution in [1.82, 2.24) is 9.55 Å². The van der Waals surface area contributed by atoms with Crippen LogP contribution in [0, 0.1) is 0 Å². The molecule has 1 aromatic heterocycles. The summed E-state index contributed by atoms with van der Waals surface area (Å²) in [6.45, 7) is 0. The van der Waals surface area contributed by atoms with E-state index in [4.69, 9.17) is 5.73 Å². The number of halogens is 2. The van der Waals surface area contributed by atoms with Crippen LogP contribution in [0.15, 0.2) is 36.7 Å². The quantitative estimate of drug-likeness (QED) is 0.785. The Morgan fingerprint density at radius 3 is 2.53 bits per heavy atom. The third-order valence-electron chi connectivity index (χ3n) is 1.97. The third kappa shape index (κ3) is 2.88. The van der Waals surface area contributed by atoms with Crippen LogP contribution < -0.4 is 5.73 Å². The average Bonchev–Trinajstić information content (AvgIpc) is 2.51. The Kier molecular flexibility index (Phi) is 5.19. The molecule has 1 heterocycles. The van der Waals surface area contributed by atoms with E-state index in [1.807, 2.05) is 42.1 Å². The number of hydrogen-bond donors (Lipinski definition) is 1. The van der Waals surface area contributed by atoms with Crippen molar-refractivity contribution in [2.75, 3.05) is 5.73 Å². The van der Waals surface area contributed by atoms with Gasteiger partial charge in [-0.25, -0.2) is 4.98 Å². The van der Waals surface area contributed by atoms with Crippen LogP contribution in [-0.2, 0) is 7.05 Å². The highest BCUT2D eigenvalue weighted by Crippen LogP contribution is 2.18. The van der Waals surface area contributed by atoms with Gasteiger partial charge < -0.3 is 10.3 Å². The summed E-state index contributed by atoms with van der Waals surface area (Å²) >= 11 is 0. The molecule has 0 bridgehead atoms. The molecular weight excluding hydrogens is 233 g/mol. The fourth-order valence-corrected chi connectivity index (χ4v) is 1.32. The highest BCUT2D eigenvalue weighted by molar-refractivity contribution is 5.85. The van der Waals surface area contributed by atoms with Crippen LogP contribution in [0.5, 0.6) is 0 Å². The number of aryl methyl sites for hydroxylation is 1. The Morgan fingerprint density at radius 2 is 2.00 bits per heavy atom. The molecule has 2 aromatic rings. The summed E-state index contributed by atoms with van der Waals surface area (Å²) in [5.41, 5.74) is 7.49. The maximum atomic E-state index is 5.68. The van der Waals surface area contributed by atoms with Gasteiger partial charge in [0.2, 0.25) is 0 Å². The Labute approximate surface area is 101 Å². The molecule has 0 unspecified atom stereocenters. The zero-order valence-corrected chi connectivity index (χ0v) is 9.89. The minimum atomic E-state index is 0. The SMILES string of the molecule is Cl.Cl.Cn1ccnc1-c1cccc(N)c1. The number of nitrogen functional groups attached to an aromatic ring is 1. The van der Waals surface area contributed by atoms with E-state index in [1.165, 1.54) is 0 Å². The monoisotopic (exact) mass is 245 g/mol. The molecular formula is C10H13Cl2N3. The second-order valence-corrected chi connectivity index (χ2v) is 2.99. The highest BCUT2D eigenvalue weighted by atomic mass is 35.5. The van der Waals surface area contributed by atoms with Crippen molar-refractivity contribution < 1.29 is 0 Å². The molecule has 0 spiro atoms. The van der Waals surface area contributed by atoms with Crippen LogP contribution in [0.25, 0.3) is 11.4 Å². The molecule has 15 heavy (non-hydrogen) atoms. The van der Waals surface area contributed by atoms with Gasteiger partial charge in [0.25, 0.3) is 0 Å². The molecule has 0 saturated carbocycles. The number of benzene rings is 1. The van der Waals surface area contributed by atoms with Crippen molar-refractivity contribution in [2.24, 2.45) is 7.05 Å². The first-order valence-electron chi connectivity index (χ1n) is 4.10. The lowest BCUT2D eigenvalue weighted by molar-refractivity contribution is 0.925. The summed E-state index contributed by atoms with van der Waals surface area (Å²) in [5, 5.41) is 0. The van der Waals surface area contributed by atoms with Crippen LogP contribution in [0.1, 0.15) is 0 Å². The van der Waals surface area contributed by atoms with E-state index in [0.717, 1.165) is 17.1 Å². The summed E-state index contributed by atoms with van der Waals surface area (Å²) in [7, 11) is 1.96. The van der Waals surface area contributed by atoms with E-state index in [-0.39, 0.29) is 24.8 Å². The lowest BCUT2D eigenvalue weighted by atomic mass is 10.2. The van der Waals surface area contributed by atoms with Gasteiger partial charge in [0, 0.05) is 30.7 Å². The Hall–Kier alpha value is -1.19. The van der Waals surface area contributed by atoms with Gasteiger partial charge in [-0.2, -0.15) is 0 Å². The summed E-state index contributed by atoms with van der Waals surface area (Å²) < 4.78 is 1.97. The van der Waals surface area contributed by atoms with Gasteiger partial charge >= 0.3 is 0 Å². The second-order valence-electron chi connectivity index (χ2n) is 2.99. The lowest BCUT2D eigenvalue weighted by Crippen LogP contribution is -1.92. The zero-order chi connectivity index (χ0) is 9.26. The van der Waals surface area contributed by atoms with Gasteiger partial charge in [-0.1, -0.05) is 12.1 Å². The fourth-order valence-electron chi connectivity index (χ4n) is 1.32. The number of nitrogens with two attached hydrogens (primary N) is 1. The third-order valence-corrected chi connectivity index (χ3v) is 1.97. The highest BCUT2D eigenvalue weighted by Gasteiger charge is 2.01. The second kappa shape index (κ2) is 5.63. The van der Waals surface area contributed by atoms with Crippen molar-refractivity contribution in [2.45, 2.75) is 0 Å². The van der Waals surface area contributed by atoms with E-state index in [0.29, 0.717) is 0 Å². The van der Waals surface area contributed by atoms with Gasteiger partial charge in [-0.3, -0.25) is 0 Å². The number of rotatable bonds is 1. The van der Waals surface area contributed by atoms with Crippen molar-refractivity contribution in [3.8, 4) is 11.4 Å². The molecule has 2 N–H and O–H groups in total. The maximum Gasteiger partial charge on any atom is 0.139 e. The average molecular weight is 246 g/mol. The molecule has 0 aliphatic heterocycles. The lowest BCUT2D eigenvalue weighted by Gasteiger charge is -2.01. The molecule has 3 nitrogen and oxygen atoms in total. The van der Waals surface area contributed by atoms with Gasteiger partial charge in [0.15, 0.2) is 0 Å². The van der Waals surface area contributed by atoms with E-state index in [2.05, 4.69) is 4.98 Å². The molecule has 1 aromatic carbocycles. The molecule has 0 atom stereocenters. The molecule has 0 saturated heterocycles. The number of aromatic nitrogens is 2. The van der Waals surface area contributed by atoms with E-state index < -0.39 is 0 Å². The predicted molar refractivity (Wildman–Crippen MR) is 67.6 cm³/mol. The van der Waals surface area contributed by atoms with E-state index in [1.54, 1.807) is 6.20 Å². The molecule has 0 fully saturated rings. The van der Waals surface area contributed by atoms with Crippen LogP contribution in [-0.4, -0.2) is 9.55 Å². The van der Waals surface area contributed by atoms with E-state index in [9.17, 15) is 0 Å². The molecule has 0 aliphatic carbocycles. The summed E-state index contributed by atoms with van der Waals surface area (Å²) in [6, 6.07) is 7.72. The van der Waals surface area contributed by atoms with Crippen LogP contribution in [0.3, 0.4) is 0 Å². The van der Waals surface area contributed by atoms with Gasteiger partial charge in [-0.05, 0) is 12.1 Å². The van der Waals surface area contributed by atoms with Crippen molar-refractivity contribution in [3.63, 3.8) is 0 Å². The first-order valence-corrected chi connectivity index (χ1v) is 4.10. The molecule has 5 heteroatoms. The largest absolute Gasteiger partial charge is 0.399 e. The molecule has 2 rings (SSSR count).